The normalized spacial score (nSPS) is 22.6. The van der Waals surface area contributed by atoms with Crippen molar-refractivity contribution < 1.29 is 5.11 Å². The molecule has 1 aliphatic rings. The van der Waals surface area contributed by atoms with Crippen molar-refractivity contribution in [2.75, 3.05) is 13.1 Å². The zero-order valence-corrected chi connectivity index (χ0v) is 8.11. The molecule has 1 rings (SSSR count). The molecule has 1 aliphatic heterocycles. The lowest BCUT2D eigenvalue weighted by Crippen LogP contribution is -2.34. The monoisotopic (exact) mass is 199 g/mol. The Morgan fingerprint density at radius 2 is 2.07 bits per heavy atom. The van der Waals surface area contributed by atoms with E-state index in [2.05, 4.69) is 4.99 Å². The van der Waals surface area contributed by atoms with Crippen molar-refractivity contribution in [3.63, 3.8) is 0 Å². The van der Waals surface area contributed by atoms with Gasteiger partial charge in [-0.25, -0.2) is 0 Å². The second kappa shape index (κ2) is 4.80. The second-order valence-electron chi connectivity index (χ2n) is 3.43. The third-order valence-corrected chi connectivity index (χ3v) is 2.23. The van der Waals surface area contributed by atoms with Gasteiger partial charge in [-0.3, -0.25) is 5.41 Å². The highest BCUT2D eigenvalue weighted by atomic mass is 16.3. The largest absolute Gasteiger partial charge is 0.393 e. The molecule has 0 bridgehead atoms. The molecule has 1 atom stereocenters. The van der Waals surface area contributed by atoms with Gasteiger partial charge in [-0.1, -0.05) is 0 Å². The average Bonchev–Trinajstić information content (AvgIpc) is 2.28. The highest BCUT2D eigenvalue weighted by molar-refractivity contribution is 5.91. The van der Waals surface area contributed by atoms with Gasteiger partial charge in [-0.05, 0) is 19.3 Å². The maximum Gasteiger partial charge on any atom is 0.221 e. The van der Waals surface area contributed by atoms with Gasteiger partial charge in [0.05, 0.1) is 6.10 Å². The number of hydrogen-bond donors (Lipinski definition) is 4. The van der Waals surface area contributed by atoms with Crippen LogP contribution >= 0.6 is 0 Å². The number of aliphatic hydroxyl groups is 1. The van der Waals surface area contributed by atoms with Crippen LogP contribution in [0, 0.1) is 5.41 Å². The summed E-state index contributed by atoms with van der Waals surface area (Å²) in [6.07, 6.45) is 2.06. The minimum absolute atomic E-state index is 0.0825. The fraction of sp³-hybridized carbons (Fsp3) is 0.750. The first kappa shape index (κ1) is 10.8. The Morgan fingerprint density at radius 1 is 1.36 bits per heavy atom. The van der Waals surface area contributed by atoms with Gasteiger partial charge in [-0.2, -0.15) is 4.99 Å². The molecule has 1 heterocycles. The van der Waals surface area contributed by atoms with Crippen LogP contribution in [-0.2, 0) is 0 Å². The van der Waals surface area contributed by atoms with E-state index in [0.29, 0.717) is 13.0 Å². The molecule has 0 aliphatic carbocycles. The number of likely N-dealkylation sites (tertiary alicyclic amines) is 1. The van der Waals surface area contributed by atoms with E-state index in [1.807, 2.05) is 0 Å². The van der Waals surface area contributed by atoms with Gasteiger partial charge < -0.3 is 21.5 Å². The van der Waals surface area contributed by atoms with Crippen LogP contribution in [0.25, 0.3) is 0 Å². The predicted octanol–water partition coefficient (Wildman–Crippen LogP) is -0.959. The van der Waals surface area contributed by atoms with Crippen LogP contribution in [0.5, 0.6) is 0 Å². The van der Waals surface area contributed by atoms with Gasteiger partial charge in [0.2, 0.25) is 5.96 Å². The molecule has 0 aromatic rings. The number of aliphatic hydroxyl groups excluding tert-OH is 1. The first-order valence-corrected chi connectivity index (χ1v) is 4.71. The molecule has 0 amide bonds. The first-order chi connectivity index (χ1) is 6.59. The van der Waals surface area contributed by atoms with E-state index >= 15 is 0 Å². The lowest BCUT2D eigenvalue weighted by atomic mass is 10.2. The summed E-state index contributed by atoms with van der Waals surface area (Å²) in [5.74, 6) is -0.0149. The zero-order chi connectivity index (χ0) is 10.6. The quantitative estimate of drug-likeness (QED) is 0.297. The van der Waals surface area contributed by atoms with Gasteiger partial charge in [0, 0.05) is 13.1 Å². The minimum atomic E-state index is -0.257. The number of rotatable bonds is 0. The van der Waals surface area contributed by atoms with E-state index in [4.69, 9.17) is 16.9 Å². The van der Waals surface area contributed by atoms with Gasteiger partial charge in [0.25, 0.3) is 0 Å². The molecule has 1 saturated heterocycles. The molecule has 14 heavy (non-hydrogen) atoms. The highest BCUT2D eigenvalue weighted by Gasteiger charge is 2.16. The highest BCUT2D eigenvalue weighted by Crippen LogP contribution is 2.10. The number of nitrogens with one attached hydrogen (secondary N) is 1. The summed E-state index contributed by atoms with van der Waals surface area (Å²) in [6, 6.07) is 0. The molecule has 1 unspecified atom stereocenters. The summed E-state index contributed by atoms with van der Waals surface area (Å²) in [5.41, 5.74) is 10.4. The molecule has 0 aromatic heterocycles. The lowest BCUT2D eigenvalue weighted by Gasteiger charge is -2.19. The van der Waals surface area contributed by atoms with Crippen LogP contribution in [0.15, 0.2) is 4.99 Å². The minimum Gasteiger partial charge on any atom is -0.393 e. The summed E-state index contributed by atoms with van der Waals surface area (Å²) in [4.78, 5) is 5.44. The van der Waals surface area contributed by atoms with Crippen molar-refractivity contribution >= 4 is 11.9 Å². The Kier molecular flexibility index (Phi) is 3.70. The molecule has 0 saturated carbocycles. The lowest BCUT2D eigenvalue weighted by molar-refractivity contribution is 0.159. The smallest absolute Gasteiger partial charge is 0.221 e. The maximum absolute atomic E-state index is 9.39. The van der Waals surface area contributed by atoms with Crippen LogP contribution in [-0.4, -0.2) is 41.1 Å². The predicted molar refractivity (Wildman–Crippen MR) is 55.0 cm³/mol. The maximum atomic E-state index is 9.39. The standard InChI is InChI=1S/C8H17N5O/c9-7(10)12-8(11)13-4-1-2-6(14)3-5-13/h6,14H,1-5H2,(H5,9,10,11,12). The van der Waals surface area contributed by atoms with Crippen molar-refractivity contribution in [3.05, 3.63) is 0 Å². The Balaban J connectivity index is 2.51. The molecule has 6 nitrogen and oxygen atoms in total. The molecular weight excluding hydrogens is 182 g/mol. The summed E-state index contributed by atoms with van der Waals surface area (Å²) in [5, 5.41) is 17.0. The number of nitrogens with two attached hydrogens (primary N) is 2. The fourth-order valence-electron chi connectivity index (χ4n) is 1.48. The zero-order valence-electron chi connectivity index (χ0n) is 8.11. The van der Waals surface area contributed by atoms with Crippen LogP contribution in [0.1, 0.15) is 19.3 Å². The van der Waals surface area contributed by atoms with Gasteiger partial charge in [-0.15, -0.1) is 0 Å². The molecule has 80 valence electrons. The molecular formula is C8H17N5O. The number of guanidine groups is 2. The summed E-state index contributed by atoms with van der Waals surface area (Å²) in [6.45, 7) is 1.36. The Hall–Kier alpha value is -1.30. The number of nitrogens with zero attached hydrogens (tertiary/aromatic N) is 2. The number of hydrogen-bond acceptors (Lipinski definition) is 2. The third kappa shape index (κ3) is 3.21. The molecule has 0 radical (unpaired) electrons. The van der Waals surface area contributed by atoms with Crippen LogP contribution < -0.4 is 11.5 Å². The van der Waals surface area contributed by atoms with Crippen molar-refractivity contribution in [1.29, 1.82) is 5.41 Å². The molecule has 1 fully saturated rings. The van der Waals surface area contributed by atoms with Crippen molar-refractivity contribution in [1.82, 2.24) is 4.90 Å². The van der Waals surface area contributed by atoms with E-state index in [1.54, 1.807) is 4.90 Å². The number of aliphatic imine (C=N–C) groups is 1. The summed E-state index contributed by atoms with van der Waals surface area (Å²) < 4.78 is 0. The summed E-state index contributed by atoms with van der Waals surface area (Å²) in [7, 11) is 0. The Morgan fingerprint density at radius 3 is 2.71 bits per heavy atom. The first-order valence-electron chi connectivity index (χ1n) is 4.71. The molecule has 0 aromatic carbocycles. The van der Waals surface area contributed by atoms with Crippen molar-refractivity contribution in [3.8, 4) is 0 Å². The average molecular weight is 199 g/mol. The second-order valence-corrected chi connectivity index (χ2v) is 3.43. The van der Waals surface area contributed by atoms with Gasteiger partial charge >= 0.3 is 0 Å². The fourth-order valence-corrected chi connectivity index (χ4v) is 1.48. The summed E-state index contributed by atoms with van der Waals surface area (Å²) >= 11 is 0. The van der Waals surface area contributed by atoms with E-state index in [1.165, 1.54) is 0 Å². The van der Waals surface area contributed by atoms with Crippen molar-refractivity contribution in [2.45, 2.75) is 25.4 Å². The van der Waals surface area contributed by atoms with Crippen LogP contribution in [0.4, 0.5) is 0 Å². The molecule has 6 heteroatoms. The van der Waals surface area contributed by atoms with E-state index in [9.17, 15) is 5.11 Å². The Bertz CT molecular complexity index is 236. The molecule has 6 N–H and O–H groups in total. The third-order valence-electron chi connectivity index (χ3n) is 2.23. The van der Waals surface area contributed by atoms with Crippen molar-refractivity contribution in [2.24, 2.45) is 16.5 Å². The SMILES string of the molecule is N=C(N=C(N)N)N1CCCC(O)CC1. The van der Waals surface area contributed by atoms with Crippen LogP contribution in [0.3, 0.4) is 0 Å². The topological polar surface area (TPSA) is 112 Å². The van der Waals surface area contributed by atoms with E-state index in [-0.39, 0.29) is 18.0 Å². The van der Waals surface area contributed by atoms with E-state index < -0.39 is 0 Å². The van der Waals surface area contributed by atoms with Gasteiger partial charge in [0.1, 0.15) is 0 Å². The Labute approximate surface area is 83.1 Å². The molecule has 0 spiro atoms. The van der Waals surface area contributed by atoms with E-state index in [0.717, 1.165) is 19.4 Å². The van der Waals surface area contributed by atoms with Gasteiger partial charge in [0.15, 0.2) is 5.96 Å². The van der Waals surface area contributed by atoms with Crippen LogP contribution in [0.2, 0.25) is 0 Å².